The normalized spacial score (nSPS) is 15.4. The number of rotatable bonds is 3. The van der Waals surface area contributed by atoms with Crippen LogP contribution in [0.4, 0.5) is 18.9 Å². The number of nitrogens with one attached hydrogen (secondary N) is 2. The van der Waals surface area contributed by atoms with Crippen molar-refractivity contribution in [1.29, 1.82) is 0 Å². The van der Waals surface area contributed by atoms with Crippen LogP contribution in [0.2, 0.25) is 0 Å². The van der Waals surface area contributed by atoms with Crippen LogP contribution < -0.4 is 10.6 Å². The molecular weight excluding hydrogens is 375 g/mol. The maximum atomic E-state index is 12.6. The summed E-state index contributed by atoms with van der Waals surface area (Å²) in [7, 11) is -4.05. The molecule has 0 aliphatic carbocycles. The van der Waals surface area contributed by atoms with Crippen molar-refractivity contribution in [3.05, 3.63) is 47.8 Å². The smallest absolute Gasteiger partial charge is 0.352 e. The highest BCUT2D eigenvalue weighted by Crippen LogP contribution is 2.29. The quantitative estimate of drug-likeness (QED) is 0.842. The number of benzene rings is 1. The number of fused-ring (bicyclic) bond motifs is 2. The predicted molar refractivity (Wildman–Crippen MR) is 84.4 cm³/mol. The second-order valence-electron chi connectivity index (χ2n) is 5.48. The maximum Gasteiger partial charge on any atom is 0.390 e. The maximum absolute atomic E-state index is 12.6. The number of alkyl halides is 3. The number of carbonyl (C=O) groups is 2. The fourth-order valence-corrected chi connectivity index (χ4v) is 3.93. The van der Waals surface area contributed by atoms with Gasteiger partial charge >= 0.3 is 6.18 Å². The van der Waals surface area contributed by atoms with Gasteiger partial charge < -0.3 is 10.6 Å². The highest BCUT2D eigenvalue weighted by molar-refractivity contribution is 7.90. The predicted octanol–water partition coefficient (Wildman–Crippen LogP) is 1.97. The Morgan fingerprint density at radius 3 is 2.65 bits per heavy atom. The van der Waals surface area contributed by atoms with Gasteiger partial charge in [0.1, 0.15) is 10.6 Å². The van der Waals surface area contributed by atoms with E-state index in [1.54, 1.807) is 0 Å². The molecule has 1 aromatic carbocycles. The average Bonchev–Trinajstić information content (AvgIpc) is 3.01. The Balaban J connectivity index is 1.91. The largest absolute Gasteiger partial charge is 0.390 e. The molecule has 2 heterocycles. The van der Waals surface area contributed by atoms with Gasteiger partial charge in [0.25, 0.3) is 21.8 Å². The molecule has 3 rings (SSSR count). The summed E-state index contributed by atoms with van der Waals surface area (Å²) >= 11 is 0. The van der Waals surface area contributed by atoms with Crippen LogP contribution in [-0.4, -0.2) is 36.9 Å². The lowest BCUT2D eigenvalue weighted by atomic mass is 10.1. The van der Waals surface area contributed by atoms with Crippen LogP contribution in [-0.2, 0) is 10.0 Å². The Labute approximate surface area is 145 Å². The molecule has 0 saturated heterocycles. The third kappa shape index (κ3) is 3.29. The number of hydrogen-bond donors (Lipinski definition) is 2. The van der Waals surface area contributed by atoms with Gasteiger partial charge in [-0.2, -0.15) is 13.2 Å². The second-order valence-corrected chi connectivity index (χ2v) is 7.26. The zero-order valence-electron chi connectivity index (χ0n) is 13.0. The van der Waals surface area contributed by atoms with Gasteiger partial charge in [-0.05, 0) is 30.3 Å². The minimum atomic E-state index is -4.41. The lowest BCUT2D eigenvalue weighted by Gasteiger charge is -2.11. The number of halogens is 3. The Kier molecular flexibility index (Phi) is 4.26. The van der Waals surface area contributed by atoms with Crippen LogP contribution in [0.1, 0.15) is 27.3 Å². The first-order valence-electron chi connectivity index (χ1n) is 7.33. The minimum Gasteiger partial charge on any atom is -0.352 e. The van der Waals surface area contributed by atoms with Crippen molar-refractivity contribution in [1.82, 2.24) is 9.29 Å². The molecule has 0 spiro atoms. The topological polar surface area (TPSA) is 97.3 Å². The van der Waals surface area contributed by atoms with E-state index >= 15 is 0 Å². The highest BCUT2D eigenvalue weighted by Gasteiger charge is 2.31. The molecule has 2 amide bonds. The summed E-state index contributed by atoms with van der Waals surface area (Å²) in [6.07, 6.45) is -4.38. The molecule has 0 atom stereocenters. The lowest BCUT2D eigenvalue weighted by Crippen LogP contribution is -2.28. The van der Waals surface area contributed by atoms with Gasteiger partial charge in [0.15, 0.2) is 0 Å². The van der Waals surface area contributed by atoms with Gasteiger partial charge in [0.2, 0.25) is 0 Å². The molecule has 1 aliphatic rings. The Bertz CT molecular complexity index is 996. The molecule has 2 N–H and O–H groups in total. The van der Waals surface area contributed by atoms with E-state index < -0.39 is 41.0 Å². The summed E-state index contributed by atoms with van der Waals surface area (Å²) in [6, 6.07) is 6.13. The molecule has 1 aliphatic heterocycles. The summed E-state index contributed by atoms with van der Waals surface area (Å²) in [5.41, 5.74) is -0.299. The summed E-state index contributed by atoms with van der Waals surface area (Å²) in [4.78, 5) is 23.9. The van der Waals surface area contributed by atoms with E-state index in [0.29, 0.717) is 0 Å². The van der Waals surface area contributed by atoms with Crippen molar-refractivity contribution in [2.75, 3.05) is 11.9 Å². The van der Waals surface area contributed by atoms with Gasteiger partial charge in [0, 0.05) is 18.3 Å². The zero-order chi connectivity index (χ0) is 19.1. The van der Waals surface area contributed by atoms with E-state index in [-0.39, 0.29) is 21.8 Å². The van der Waals surface area contributed by atoms with Crippen molar-refractivity contribution in [3.63, 3.8) is 0 Å². The fourth-order valence-electron chi connectivity index (χ4n) is 2.46. The lowest BCUT2D eigenvalue weighted by molar-refractivity contribution is -0.133. The molecule has 11 heteroatoms. The number of aromatic nitrogens is 1. The molecule has 7 nitrogen and oxygen atoms in total. The number of nitrogens with zero attached hydrogens (tertiary/aromatic N) is 1. The van der Waals surface area contributed by atoms with Crippen molar-refractivity contribution >= 4 is 27.5 Å². The molecule has 0 unspecified atom stereocenters. The van der Waals surface area contributed by atoms with Gasteiger partial charge in [-0.3, -0.25) is 9.59 Å². The van der Waals surface area contributed by atoms with Crippen LogP contribution in [0.25, 0.3) is 0 Å². The molecule has 138 valence electrons. The van der Waals surface area contributed by atoms with Gasteiger partial charge in [-0.25, -0.2) is 12.4 Å². The van der Waals surface area contributed by atoms with Gasteiger partial charge in [0.05, 0.1) is 12.1 Å². The molecule has 1 aromatic heterocycles. The second kappa shape index (κ2) is 6.16. The molecule has 0 saturated carbocycles. The van der Waals surface area contributed by atoms with Gasteiger partial charge in [-0.15, -0.1) is 0 Å². The van der Waals surface area contributed by atoms with Crippen LogP contribution in [0.15, 0.2) is 41.4 Å². The van der Waals surface area contributed by atoms with Gasteiger partial charge in [-0.1, -0.05) is 0 Å². The Hall–Kier alpha value is -2.82. The van der Waals surface area contributed by atoms with Crippen molar-refractivity contribution in [2.45, 2.75) is 17.5 Å². The zero-order valence-corrected chi connectivity index (χ0v) is 13.8. The summed E-state index contributed by atoms with van der Waals surface area (Å²) < 4.78 is 62.5. The summed E-state index contributed by atoms with van der Waals surface area (Å²) in [6.45, 7) is -0.616. The van der Waals surface area contributed by atoms with Crippen molar-refractivity contribution in [3.8, 4) is 0 Å². The molecule has 26 heavy (non-hydrogen) atoms. The molecular formula is C15H12F3N3O4S. The van der Waals surface area contributed by atoms with E-state index in [4.69, 9.17) is 0 Å². The molecule has 0 fully saturated rings. The monoisotopic (exact) mass is 387 g/mol. The molecule has 0 bridgehead atoms. The molecule has 2 aromatic rings. The van der Waals surface area contributed by atoms with Crippen LogP contribution in [0, 0.1) is 0 Å². The first-order chi connectivity index (χ1) is 12.1. The summed E-state index contributed by atoms with van der Waals surface area (Å²) in [5, 5.41) is 4.49. The van der Waals surface area contributed by atoms with Crippen molar-refractivity contribution in [2.24, 2.45) is 0 Å². The fraction of sp³-hybridized carbons (Fsp3) is 0.200. The third-order valence-corrected chi connectivity index (χ3v) is 5.41. The Morgan fingerprint density at radius 2 is 1.96 bits per heavy atom. The number of anilines is 1. The first-order valence-corrected chi connectivity index (χ1v) is 8.77. The van der Waals surface area contributed by atoms with E-state index in [1.165, 1.54) is 24.4 Å². The van der Waals surface area contributed by atoms with Crippen molar-refractivity contribution < 1.29 is 31.2 Å². The average molecular weight is 387 g/mol. The van der Waals surface area contributed by atoms with Crippen LogP contribution in [0.3, 0.4) is 0 Å². The van der Waals surface area contributed by atoms with E-state index in [2.05, 4.69) is 10.6 Å². The standard InChI is InChI=1S/C15H12F3N3O4S/c16-15(17,18)5-6-19-13(22)9-3-4-12-10(8-9)20-14(23)11-2-1-7-21(11)26(12,24)25/h1-4,7-8H,5-6H2,(H,19,22)(H,20,23). The number of carbonyl (C=O) groups excluding carboxylic acids is 2. The SMILES string of the molecule is O=C(NCCC(F)(F)F)c1ccc2c(c1)NC(=O)c1cccn1S2(=O)=O. The number of amides is 2. The van der Waals surface area contributed by atoms with E-state index in [9.17, 15) is 31.2 Å². The summed E-state index contributed by atoms with van der Waals surface area (Å²) in [5.74, 6) is -1.50. The first kappa shape index (κ1) is 18.0. The minimum absolute atomic E-state index is 0.0759. The van der Waals surface area contributed by atoms with E-state index in [0.717, 1.165) is 16.1 Å². The van der Waals surface area contributed by atoms with E-state index in [1.807, 2.05) is 0 Å². The Morgan fingerprint density at radius 1 is 1.23 bits per heavy atom. The third-order valence-electron chi connectivity index (χ3n) is 3.67. The van der Waals surface area contributed by atoms with Crippen LogP contribution in [0.5, 0.6) is 0 Å². The number of hydrogen-bond acceptors (Lipinski definition) is 4. The van der Waals surface area contributed by atoms with Crippen LogP contribution >= 0.6 is 0 Å². The highest BCUT2D eigenvalue weighted by atomic mass is 32.2. The molecule has 0 radical (unpaired) electrons.